The van der Waals surface area contributed by atoms with Crippen LogP contribution in [-0.2, 0) is 4.79 Å². The van der Waals surface area contributed by atoms with Gasteiger partial charge in [0.2, 0.25) is 5.91 Å². The summed E-state index contributed by atoms with van der Waals surface area (Å²) < 4.78 is 0. The molecule has 1 N–H and O–H groups in total. The zero-order chi connectivity index (χ0) is 14.4. The lowest BCUT2D eigenvalue weighted by molar-refractivity contribution is -0.135. The number of nitrogens with zero attached hydrogens (tertiary/aromatic N) is 2. The molecule has 1 aliphatic rings. The van der Waals surface area contributed by atoms with Crippen molar-refractivity contribution in [3.05, 3.63) is 48.6 Å². The highest BCUT2D eigenvalue weighted by molar-refractivity contribution is 5.83. The summed E-state index contributed by atoms with van der Waals surface area (Å²) in [5, 5.41) is 3.33. The highest BCUT2D eigenvalue weighted by Gasteiger charge is 2.30. The molecule has 1 aliphatic heterocycles. The fourth-order valence-electron chi connectivity index (χ4n) is 2.58. The molecule has 1 amide bonds. The molecule has 1 aromatic rings. The van der Waals surface area contributed by atoms with E-state index in [4.69, 9.17) is 0 Å². The normalized spacial score (nSPS) is 17.4. The maximum Gasteiger partial charge on any atom is 0.244 e. The van der Waals surface area contributed by atoms with E-state index in [1.807, 2.05) is 37.4 Å². The van der Waals surface area contributed by atoms with Gasteiger partial charge in [-0.2, -0.15) is 0 Å². The van der Waals surface area contributed by atoms with Crippen LogP contribution in [0.1, 0.15) is 11.6 Å². The number of amides is 1. The average molecular weight is 273 g/mol. The first kappa shape index (κ1) is 14.8. The van der Waals surface area contributed by atoms with Crippen LogP contribution in [0.4, 0.5) is 0 Å². The topological polar surface area (TPSA) is 35.6 Å². The number of rotatable bonds is 5. The fraction of sp³-hybridized carbons (Fsp3) is 0.438. The molecule has 20 heavy (non-hydrogen) atoms. The van der Waals surface area contributed by atoms with E-state index >= 15 is 0 Å². The molecule has 2 rings (SSSR count). The maximum absolute atomic E-state index is 12.7. The Morgan fingerprint density at radius 3 is 2.65 bits per heavy atom. The predicted octanol–water partition coefficient (Wildman–Crippen LogP) is 1.28. The summed E-state index contributed by atoms with van der Waals surface area (Å²) in [5.41, 5.74) is 1.07. The van der Waals surface area contributed by atoms with Gasteiger partial charge >= 0.3 is 0 Å². The van der Waals surface area contributed by atoms with Gasteiger partial charge in [-0.15, -0.1) is 6.58 Å². The van der Waals surface area contributed by atoms with Crippen LogP contribution in [0.2, 0.25) is 0 Å². The van der Waals surface area contributed by atoms with Gasteiger partial charge in [0.15, 0.2) is 0 Å². The lowest BCUT2D eigenvalue weighted by Crippen LogP contribution is -2.49. The summed E-state index contributed by atoms with van der Waals surface area (Å²) >= 11 is 0. The Hall–Kier alpha value is -1.65. The lowest BCUT2D eigenvalue weighted by atomic mass is 10.0. The molecule has 0 spiro atoms. The first-order chi connectivity index (χ1) is 9.74. The Labute approximate surface area is 121 Å². The van der Waals surface area contributed by atoms with E-state index in [1.54, 1.807) is 11.0 Å². The molecule has 108 valence electrons. The Morgan fingerprint density at radius 2 is 2.05 bits per heavy atom. The lowest BCUT2D eigenvalue weighted by Gasteiger charge is -2.36. The van der Waals surface area contributed by atoms with Crippen molar-refractivity contribution in [2.24, 2.45) is 0 Å². The molecule has 0 aromatic heterocycles. The van der Waals surface area contributed by atoms with Crippen LogP contribution in [-0.4, -0.2) is 55.5 Å². The Balaban J connectivity index is 2.23. The van der Waals surface area contributed by atoms with Gasteiger partial charge in [-0.3, -0.25) is 9.69 Å². The third kappa shape index (κ3) is 3.46. The Kier molecular flexibility index (Phi) is 5.32. The first-order valence-electron chi connectivity index (χ1n) is 7.09. The van der Waals surface area contributed by atoms with Crippen molar-refractivity contribution in [3.63, 3.8) is 0 Å². The second kappa shape index (κ2) is 7.22. The van der Waals surface area contributed by atoms with Crippen LogP contribution >= 0.6 is 0 Å². The minimum absolute atomic E-state index is 0.137. The van der Waals surface area contributed by atoms with Crippen molar-refractivity contribution in [3.8, 4) is 0 Å². The van der Waals surface area contributed by atoms with Crippen LogP contribution < -0.4 is 5.32 Å². The zero-order valence-electron chi connectivity index (χ0n) is 12.1. The second-order valence-electron chi connectivity index (χ2n) is 5.11. The predicted molar refractivity (Wildman–Crippen MR) is 81.5 cm³/mol. The smallest absolute Gasteiger partial charge is 0.244 e. The quantitative estimate of drug-likeness (QED) is 0.821. The molecule has 1 atom stereocenters. The van der Waals surface area contributed by atoms with Crippen LogP contribution in [0.5, 0.6) is 0 Å². The molecular formula is C16H23N3O. The minimum Gasteiger partial charge on any atom is -0.340 e. The average Bonchev–Trinajstić information content (AvgIpc) is 2.50. The third-order valence-corrected chi connectivity index (χ3v) is 3.65. The highest BCUT2D eigenvalue weighted by atomic mass is 16.2. The van der Waals surface area contributed by atoms with Gasteiger partial charge in [0, 0.05) is 39.8 Å². The molecule has 4 heteroatoms. The van der Waals surface area contributed by atoms with Gasteiger partial charge < -0.3 is 10.2 Å². The summed E-state index contributed by atoms with van der Waals surface area (Å²) in [6, 6.07) is 9.84. The SMILES string of the molecule is C=CCN(C)C(=O)[C@H](c1ccccc1)N1CCNCC1. The van der Waals surface area contributed by atoms with Crippen molar-refractivity contribution in [2.75, 3.05) is 39.8 Å². The van der Waals surface area contributed by atoms with Crippen molar-refractivity contribution in [2.45, 2.75) is 6.04 Å². The van der Waals surface area contributed by atoms with E-state index in [9.17, 15) is 4.79 Å². The molecule has 0 aliphatic carbocycles. The zero-order valence-corrected chi connectivity index (χ0v) is 12.1. The Bertz CT molecular complexity index is 440. The van der Waals surface area contributed by atoms with Crippen molar-refractivity contribution < 1.29 is 4.79 Å². The summed E-state index contributed by atoms with van der Waals surface area (Å²) in [4.78, 5) is 16.7. The molecule has 1 fully saturated rings. The number of nitrogens with one attached hydrogen (secondary N) is 1. The number of piperazine rings is 1. The fourth-order valence-corrected chi connectivity index (χ4v) is 2.58. The first-order valence-corrected chi connectivity index (χ1v) is 7.09. The van der Waals surface area contributed by atoms with Crippen molar-refractivity contribution >= 4 is 5.91 Å². The number of likely N-dealkylation sites (N-methyl/N-ethyl adjacent to an activating group) is 1. The van der Waals surface area contributed by atoms with Crippen molar-refractivity contribution in [1.82, 2.24) is 15.1 Å². The standard InChI is InChI=1S/C16H23N3O/c1-3-11-18(2)16(20)15(14-7-5-4-6-8-14)19-12-9-17-10-13-19/h3-8,15,17H,1,9-13H2,2H3/t15-/m0/s1. The van der Waals surface area contributed by atoms with E-state index in [2.05, 4.69) is 16.8 Å². The number of hydrogen-bond donors (Lipinski definition) is 1. The molecule has 1 heterocycles. The van der Waals surface area contributed by atoms with E-state index in [1.165, 1.54) is 0 Å². The van der Waals surface area contributed by atoms with Crippen molar-refractivity contribution in [1.29, 1.82) is 0 Å². The summed E-state index contributed by atoms with van der Waals surface area (Å²) in [5.74, 6) is 0.137. The van der Waals surface area contributed by atoms with Gasteiger partial charge in [-0.1, -0.05) is 36.4 Å². The van der Waals surface area contributed by atoms with Gasteiger partial charge in [0.1, 0.15) is 6.04 Å². The number of hydrogen-bond acceptors (Lipinski definition) is 3. The van der Waals surface area contributed by atoms with Gasteiger partial charge in [-0.05, 0) is 5.56 Å². The molecule has 0 unspecified atom stereocenters. The number of carbonyl (C=O) groups excluding carboxylic acids is 1. The summed E-state index contributed by atoms with van der Waals surface area (Å²) in [6.45, 7) is 7.94. The number of benzene rings is 1. The van der Waals surface area contributed by atoms with E-state index < -0.39 is 0 Å². The van der Waals surface area contributed by atoms with E-state index in [0.717, 1.165) is 31.7 Å². The molecular weight excluding hydrogens is 250 g/mol. The monoisotopic (exact) mass is 273 g/mol. The molecule has 0 radical (unpaired) electrons. The van der Waals surface area contributed by atoms with Gasteiger partial charge in [0.05, 0.1) is 0 Å². The molecule has 1 aromatic carbocycles. The molecule has 4 nitrogen and oxygen atoms in total. The van der Waals surface area contributed by atoms with E-state index in [-0.39, 0.29) is 11.9 Å². The largest absolute Gasteiger partial charge is 0.340 e. The molecule has 0 bridgehead atoms. The van der Waals surface area contributed by atoms with E-state index in [0.29, 0.717) is 6.54 Å². The molecule has 0 saturated carbocycles. The van der Waals surface area contributed by atoms with Crippen LogP contribution in [0, 0.1) is 0 Å². The second-order valence-corrected chi connectivity index (χ2v) is 5.11. The summed E-state index contributed by atoms with van der Waals surface area (Å²) in [6.07, 6.45) is 1.76. The highest BCUT2D eigenvalue weighted by Crippen LogP contribution is 2.23. The number of carbonyl (C=O) groups is 1. The third-order valence-electron chi connectivity index (χ3n) is 3.65. The maximum atomic E-state index is 12.7. The minimum atomic E-state index is -0.191. The van der Waals surface area contributed by atoms with Crippen LogP contribution in [0.25, 0.3) is 0 Å². The van der Waals surface area contributed by atoms with Gasteiger partial charge in [0.25, 0.3) is 0 Å². The van der Waals surface area contributed by atoms with Gasteiger partial charge in [-0.25, -0.2) is 0 Å². The summed E-state index contributed by atoms with van der Waals surface area (Å²) in [7, 11) is 1.84. The van der Waals surface area contributed by atoms with Crippen LogP contribution in [0.15, 0.2) is 43.0 Å². The Morgan fingerprint density at radius 1 is 1.40 bits per heavy atom. The molecule has 1 saturated heterocycles. The van der Waals surface area contributed by atoms with Crippen LogP contribution in [0.3, 0.4) is 0 Å².